The van der Waals surface area contributed by atoms with Crippen molar-refractivity contribution in [2.75, 3.05) is 5.75 Å². The summed E-state index contributed by atoms with van der Waals surface area (Å²) in [5.74, 6) is -0.360. The molecule has 0 aromatic carbocycles. The molecule has 158 valence electrons. The van der Waals surface area contributed by atoms with Crippen molar-refractivity contribution < 1.29 is 26.4 Å². The van der Waals surface area contributed by atoms with Gasteiger partial charge in [-0.05, 0) is 29.8 Å². The van der Waals surface area contributed by atoms with Crippen LogP contribution in [-0.2, 0) is 23.1 Å². The number of carbonyl (C=O) groups excluding carboxylic acids is 1. The molecule has 0 fully saturated rings. The maximum absolute atomic E-state index is 13.0. The van der Waals surface area contributed by atoms with Crippen LogP contribution in [0.15, 0.2) is 35.5 Å². The highest BCUT2D eigenvalue weighted by molar-refractivity contribution is 7.91. The molecular formula is C17H13ClF3N5O3S. The van der Waals surface area contributed by atoms with Gasteiger partial charge in [-0.2, -0.15) is 13.2 Å². The number of halogens is 4. The molecule has 0 spiro atoms. The predicted octanol–water partition coefficient (Wildman–Crippen LogP) is 3.13. The van der Waals surface area contributed by atoms with Crippen LogP contribution in [0.2, 0.25) is 0 Å². The molecular weight excluding hydrogens is 447 g/mol. The monoisotopic (exact) mass is 459 g/mol. The molecule has 3 aromatic heterocycles. The van der Waals surface area contributed by atoms with Gasteiger partial charge in [0.05, 0.1) is 21.8 Å². The highest BCUT2D eigenvalue weighted by atomic mass is 35.5. The van der Waals surface area contributed by atoms with Crippen LogP contribution in [0.4, 0.5) is 13.2 Å². The van der Waals surface area contributed by atoms with Crippen LogP contribution in [0.5, 0.6) is 0 Å². The second-order valence-corrected chi connectivity index (χ2v) is 8.67. The lowest BCUT2D eigenvalue weighted by Gasteiger charge is -2.10. The Balaban J connectivity index is 2.19. The van der Waals surface area contributed by atoms with E-state index in [0.717, 1.165) is 30.6 Å². The Hall–Kier alpha value is -2.86. The molecule has 30 heavy (non-hydrogen) atoms. The van der Waals surface area contributed by atoms with Gasteiger partial charge < -0.3 is 4.57 Å². The van der Waals surface area contributed by atoms with E-state index in [1.165, 1.54) is 18.5 Å². The first-order valence-electron chi connectivity index (χ1n) is 8.31. The third kappa shape index (κ3) is 4.05. The Morgan fingerprint density at radius 2 is 1.83 bits per heavy atom. The van der Waals surface area contributed by atoms with Crippen molar-refractivity contribution in [3.63, 3.8) is 0 Å². The number of alkyl halides is 3. The van der Waals surface area contributed by atoms with Crippen molar-refractivity contribution >= 4 is 26.7 Å². The van der Waals surface area contributed by atoms with Gasteiger partial charge in [-0.3, -0.25) is 14.8 Å². The van der Waals surface area contributed by atoms with Gasteiger partial charge in [0.25, 0.3) is 5.24 Å². The maximum Gasteiger partial charge on any atom is 0.416 e. The van der Waals surface area contributed by atoms with Crippen LogP contribution >= 0.6 is 11.6 Å². The molecule has 3 aromatic rings. The molecule has 3 rings (SSSR count). The van der Waals surface area contributed by atoms with E-state index in [0.29, 0.717) is 0 Å². The number of aromatic nitrogens is 5. The van der Waals surface area contributed by atoms with E-state index in [2.05, 4.69) is 20.2 Å². The minimum Gasteiger partial charge on any atom is -0.307 e. The van der Waals surface area contributed by atoms with Gasteiger partial charge in [0.1, 0.15) is 11.4 Å². The molecule has 0 saturated heterocycles. The summed E-state index contributed by atoms with van der Waals surface area (Å²) in [5.41, 5.74) is -1.28. The smallest absolute Gasteiger partial charge is 0.307 e. The standard InChI is InChI=1S/C17H13ClF3N5O3S/c1-3-30(28,29)12-6-9(14(18)27)8-23-13(12)16-25-24-15(26(16)2)11-7-10(4-5-22-11)17(19,20)21/h4-8H,3H2,1-2H3. The second kappa shape index (κ2) is 7.76. The van der Waals surface area contributed by atoms with Gasteiger partial charge in [-0.1, -0.05) is 6.92 Å². The van der Waals surface area contributed by atoms with Crippen molar-refractivity contribution in [3.05, 3.63) is 41.7 Å². The zero-order valence-electron chi connectivity index (χ0n) is 15.5. The molecule has 0 atom stereocenters. The van der Waals surface area contributed by atoms with Gasteiger partial charge in [0, 0.05) is 19.4 Å². The van der Waals surface area contributed by atoms with Gasteiger partial charge in [0.15, 0.2) is 21.5 Å². The van der Waals surface area contributed by atoms with E-state index in [-0.39, 0.29) is 39.2 Å². The molecule has 13 heteroatoms. The molecule has 0 aliphatic rings. The minimum atomic E-state index is -4.58. The van der Waals surface area contributed by atoms with Crippen LogP contribution in [0.25, 0.3) is 23.0 Å². The van der Waals surface area contributed by atoms with Crippen LogP contribution < -0.4 is 0 Å². The Bertz CT molecular complexity index is 1240. The Morgan fingerprint density at radius 3 is 2.43 bits per heavy atom. The lowest BCUT2D eigenvalue weighted by atomic mass is 10.2. The summed E-state index contributed by atoms with van der Waals surface area (Å²) in [4.78, 5) is 19.0. The van der Waals surface area contributed by atoms with E-state index < -0.39 is 26.8 Å². The second-order valence-electron chi connectivity index (χ2n) is 6.08. The van der Waals surface area contributed by atoms with Crippen molar-refractivity contribution in [1.29, 1.82) is 0 Å². The summed E-state index contributed by atoms with van der Waals surface area (Å²) >= 11 is 5.43. The fraction of sp³-hybridized carbons (Fsp3) is 0.235. The molecule has 3 heterocycles. The third-order valence-corrected chi connectivity index (χ3v) is 6.16. The van der Waals surface area contributed by atoms with Gasteiger partial charge >= 0.3 is 6.18 Å². The van der Waals surface area contributed by atoms with E-state index in [1.807, 2.05) is 0 Å². The maximum atomic E-state index is 13.0. The molecule has 0 unspecified atom stereocenters. The Morgan fingerprint density at radius 1 is 1.17 bits per heavy atom. The zero-order valence-corrected chi connectivity index (χ0v) is 17.0. The fourth-order valence-electron chi connectivity index (χ4n) is 2.60. The van der Waals surface area contributed by atoms with Crippen LogP contribution in [0, 0.1) is 0 Å². The topological polar surface area (TPSA) is 108 Å². The van der Waals surface area contributed by atoms with Gasteiger partial charge in [-0.15, -0.1) is 10.2 Å². The minimum absolute atomic E-state index is 0.0322. The van der Waals surface area contributed by atoms with Crippen molar-refractivity contribution in [2.24, 2.45) is 7.05 Å². The zero-order chi connectivity index (χ0) is 22.3. The average molecular weight is 460 g/mol. The van der Waals surface area contributed by atoms with E-state index in [1.54, 1.807) is 0 Å². The number of carbonyl (C=O) groups is 1. The SMILES string of the molecule is CCS(=O)(=O)c1cc(C(=O)Cl)cnc1-c1nnc(-c2cc(C(F)(F)F)ccn2)n1C. The number of sulfone groups is 1. The Kier molecular flexibility index (Phi) is 5.65. The van der Waals surface area contributed by atoms with E-state index in [9.17, 15) is 26.4 Å². The molecule has 0 saturated carbocycles. The molecule has 0 radical (unpaired) electrons. The molecule has 0 aliphatic heterocycles. The summed E-state index contributed by atoms with van der Waals surface area (Å²) in [6.07, 6.45) is -2.51. The molecule has 8 nitrogen and oxygen atoms in total. The van der Waals surface area contributed by atoms with Crippen LogP contribution in [-0.4, -0.2) is 44.1 Å². The fourth-order valence-corrected chi connectivity index (χ4v) is 3.76. The van der Waals surface area contributed by atoms with E-state index in [4.69, 9.17) is 11.6 Å². The highest BCUT2D eigenvalue weighted by Gasteiger charge is 2.31. The first-order chi connectivity index (χ1) is 14.0. The molecule has 0 aliphatic carbocycles. The number of hydrogen-bond acceptors (Lipinski definition) is 7. The molecule has 0 N–H and O–H groups in total. The normalized spacial score (nSPS) is 12.2. The Labute approximate surface area is 173 Å². The van der Waals surface area contributed by atoms with Crippen LogP contribution in [0.1, 0.15) is 22.8 Å². The highest BCUT2D eigenvalue weighted by Crippen LogP contribution is 2.32. The predicted molar refractivity (Wildman–Crippen MR) is 100 cm³/mol. The number of rotatable bonds is 5. The lowest BCUT2D eigenvalue weighted by molar-refractivity contribution is -0.137. The number of nitrogens with zero attached hydrogens (tertiary/aromatic N) is 5. The summed E-state index contributed by atoms with van der Waals surface area (Å²) < 4.78 is 65.3. The van der Waals surface area contributed by atoms with Gasteiger partial charge in [0.2, 0.25) is 0 Å². The number of pyridine rings is 2. The quantitative estimate of drug-likeness (QED) is 0.539. The van der Waals surface area contributed by atoms with Crippen molar-refractivity contribution in [3.8, 4) is 23.0 Å². The average Bonchev–Trinajstić information content (AvgIpc) is 3.08. The summed E-state index contributed by atoms with van der Waals surface area (Å²) in [6, 6.07) is 2.70. The number of hydrogen-bond donors (Lipinski definition) is 0. The third-order valence-electron chi connectivity index (χ3n) is 4.20. The summed E-state index contributed by atoms with van der Waals surface area (Å²) in [6.45, 7) is 1.41. The van der Waals surface area contributed by atoms with Crippen molar-refractivity contribution in [2.45, 2.75) is 18.0 Å². The summed E-state index contributed by atoms with van der Waals surface area (Å²) in [7, 11) is -2.42. The first-order valence-corrected chi connectivity index (χ1v) is 10.3. The van der Waals surface area contributed by atoms with Crippen LogP contribution in [0.3, 0.4) is 0 Å². The van der Waals surface area contributed by atoms with Crippen molar-refractivity contribution in [1.82, 2.24) is 24.7 Å². The lowest BCUT2D eigenvalue weighted by Crippen LogP contribution is -2.10. The molecule has 0 bridgehead atoms. The largest absolute Gasteiger partial charge is 0.416 e. The van der Waals surface area contributed by atoms with Gasteiger partial charge in [-0.25, -0.2) is 8.42 Å². The summed E-state index contributed by atoms with van der Waals surface area (Å²) in [5, 5.41) is 6.84. The first kappa shape index (κ1) is 21.8. The van der Waals surface area contributed by atoms with E-state index >= 15 is 0 Å². The molecule has 0 amide bonds.